The van der Waals surface area contributed by atoms with E-state index < -0.39 is 6.85 Å². The first-order valence-corrected chi connectivity index (χ1v) is 9.61. The molecule has 0 bridgehead atoms. The number of fused-ring (bicyclic) bond motifs is 1. The summed E-state index contributed by atoms with van der Waals surface area (Å²) in [6.07, 6.45) is 0. The molecule has 0 spiro atoms. The Morgan fingerprint density at radius 3 is 2.61 bits per heavy atom. The number of aryl methyl sites for hydroxylation is 2. The van der Waals surface area contributed by atoms with E-state index in [-0.39, 0.29) is 40.7 Å². The van der Waals surface area contributed by atoms with Crippen LogP contribution in [0.2, 0.25) is 0 Å². The molecule has 0 amide bonds. The van der Waals surface area contributed by atoms with Crippen molar-refractivity contribution >= 4 is 17.0 Å². The van der Waals surface area contributed by atoms with Gasteiger partial charge in [-0.2, -0.15) is 5.26 Å². The van der Waals surface area contributed by atoms with Crippen molar-refractivity contribution in [3.05, 3.63) is 70.4 Å². The minimum absolute atomic E-state index is 0.0887. The fourth-order valence-electron chi connectivity index (χ4n) is 3.63. The summed E-state index contributed by atoms with van der Waals surface area (Å²) in [5, 5.41) is 9.86. The number of nitriles is 1. The maximum Gasteiger partial charge on any atom is 0.236 e. The molecule has 0 saturated heterocycles. The molecule has 0 aliphatic heterocycles. The molecule has 7 heteroatoms. The molecular formula is C24H23N5O2. The number of ether oxygens (including phenoxy) is 2. The van der Waals surface area contributed by atoms with Crippen LogP contribution in [-0.4, -0.2) is 21.6 Å². The summed E-state index contributed by atoms with van der Waals surface area (Å²) in [4.78, 5) is 8.88. The Hall–Kier alpha value is -4.05. The molecule has 0 radical (unpaired) electrons. The second-order valence-corrected chi connectivity index (χ2v) is 7.09. The number of rotatable bonds is 5. The fraction of sp³-hybridized carbons (Fsp3) is 0.208. The van der Waals surface area contributed by atoms with Crippen molar-refractivity contribution in [2.24, 2.45) is 0 Å². The van der Waals surface area contributed by atoms with Crippen LogP contribution in [0.15, 0.2) is 42.5 Å². The molecule has 7 nitrogen and oxygen atoms in total. The molecule has 0 saturated carbocycles. The molecular weight excluding hydrogens is 390 g/mol. The fourth-order valence-corrected chi connectivity index (χ4v) is 3.63. The van der Waals surface area contributed by atoms with Crippen LogP contribution >= 0.6 is 0 Å². The Labute approximate surface area is 184 Å². The predicted octanol–water partition coefficient (Wildman–Crippen LogP) is 4.39. The smallest absolute Gasteiger partial charge is 0.236 e. The Balaban J connectivity index is 1.99. The first-order chi connectivity index (χ1) is 16.2. The summed E-state index contributed by atoms with van der Waals surface area (Å²) in [6.45, 7) is 1.22. The van der Waals surface area contributed by atoms with Gasteiger partial charge in [0.15, 0.2) is 5.65 Å². The third kappa shape index (κ3) is 3.42. The van der Waals surface area contributed by atoms with Gasteiger partial charge in [0, 0.05) is 9.68 Å². The zero-order valence-corrected chi connectivity index (χ0v) is 17.4. The Bertz CT molecular complexity index is 1420. The van der Waals surface area contributed by atoms with Gasteiger partial charge in [0.2, 0.25) is 5.88 Å². The van der Waals surface area contributed by atoms with E-state index in [0.29, 0.717) is 11.4 Å². The number of benzene rings is 2. The Morgan fingerprint density at radius 1 is 1.16 bits per heavy atom. The average molecular weight is 416 g/mol. The molecule has 0 aliphatic carbocycles. The number of nitrogens with zero attached hydrogens (tertiary/aromatic N) is 4. The van der Waals surface area contributed by atoms with Gasteiger partial charge in [-0.25, -0.2) is 9.97 Å². The van der Waals surface area contributed by atoms with Crippen LogP contribution in [0.3, 0.4) is 0 Å². The summed E-state index contributed by atoms with van der Waals surface area (Å²) in [7, 11) is 1.56. The van der Waals surface area contributed by atoms with Crippen molar-refractivity contribution in [2.75, 3.05) is 12.8 Å². The summed E-state index contributed by atoms with van der Waals surface area (Å²) in [5.41, 5.74) is 9.59. The molecule has 2 N–H and O–H groups in total. The highest BCUT2D eigenvalue weighted by Crippen LogP contribution is 2.36. The molecule has 2 aromatic heterocycles. The number of hydrogen-bond acceptors (Lipinski definition) is 6. The second kappa shape index (κ2) is 8.00. The van der Waals surface area contributed by atoms with Gasteiger partial charge >= 0.3 is 0 Å². The van der Waals surface area contributed by atoms with Gasteiger partial charge in [-0.1, -0.05) is 36.4 Å². The van der Waals surface area contributed by atoms with Crippen molar-refractivity contribution in [2.45, 2.75) is 27.3 Å². The Morgan fingerprint density at radius 2 is 1.94 bits per heavy atom. The van der Waals surface area contributed by atoms with Crippen LogP contribution in [0.25, 0.3) is 16.9 Å². The quantitative estimate of drug-likeness (QED) is 0.518. The lowest BCUT2D eigenvalue weighted by atomic mass is 10.1. The van der Waals surface area contributed by atoms with Gasteiger partial charge in [-0.15, -0.1) is 0 Å². The zero-order chi connectivity index (χ0) is 24.6. The molecule has 0 atom stereocenters. The highest BCUT2D eigenvalue weighted by atomic mass is 16.5. The van der Waals surface area contributed by atoms with Crippen LogP contribution in [0, 0.1) is 32.0 Å². The van der Waals surface area contributed by atoms with Crippen LogP contribution in [-0.2, 0) is 6.61 Å². The van der Waals surface area contributed by atoms with Crippen molar-refractivity contribution in [3.8, 4) is 23.4 Å². The maximum atomic E-state index is 9.86. The first-order valence-electron chi connectivity index (χ1n) is 11.1. The number of nitrogens with two attached hydrogens (primary N) is 1. The molecule has 31 heavy (non-hydrogen) atoms. The van der Waals surface area contributed by atoms with Crippen molar-refractivity contribution < 1.29 is 13.6 Å². The standard InChI is InChI=1S/C24H23N5O2/c1-14-10-11-19(30-4)15(2)21(14)29-22(26)18(12-25)20-23(29)27-16(3)24(28-20)31-13-17-8-6-5-7-9-17/h5-11H,13,26H2,1-4H3/i3D3. The number of methoxy groups -OCH3 is 1. The lowest BCUT2D eigenvalue weighted by molar-refractivity contribution is 0.291. The Kier molecular flexibility index (Phi) is 4.31. The van der Waals surface area contributed by atoms with Gasteiger partial charge in [-0.05, 0) is 37.9 Å². The number of hydrogen-bond donors (Lipinski definition) is 1. The summed E-state index contributed by atoms with van der Waals surface area (Å²) in [5.74, 6) is 0.560. The van der Waals surface area contributed by atoms with Crippen LogP contribution < -0.4 is 15.2 Å². The SMILES string of the molecule is [2H]C([2H])([2H])c1nc2c(nc1OCc1ccccc1)c(C#N)c(N)n2-c1c(C)ccc(OC)c1C. The predicted molar refractivity (Wildman–Crippen MR) is 120 cm³/mol. The maximum absolute atomic E-state index is 9.86. The van der Waals surface area contributed by atoms with Gasteiger partial charge in [0.05, 0.1) is 12.8 Å². The van der Waals surface area contributed by atoms with E-state index in [1.165, 1.54) is 0 Å². The lowest BCUT2D eigenvalue weighted by Gasteiger charge is -2.16. The van der Waals surface area contributed by atoms with E-state index in [1.54, 1.807) is 11.7 Å². The van der Waals surface area contributed by atoms with E-state index in [0.717, 1.165) is 16.7 Å². The number of aromatic nitrogens is 3. The van der Waals surface area contributed by atoms with Gasteiger partial charge < -0.3 is 15.2 Å². The monoisotopic (exact) mass is 416 g/mol. The van der Waals surface area contributed by atoms with E-state index in [9.17, 15) is 5.26 Å². The summed E-state index contributed by atoms with van der Waals surface area (Å²) < 4.78 is 36.9. The van der Waals surface area contributed by atoms with E-state index in [4.69, 9.17) is 19.3 Å². The van der Waals surface area contributed by atoms with Gasteiger partial charge in [-0.3, -0.25) is 4.57 Å². The minimum Gasteiger partial charge on any atom is -0.496 e. The van der Waals surface area contributed by atoms with Crippen molar-refractivity contribution in [1.82, 2.24) is 14.5 Å². The molecule has 156 valence electrons. The molecule has 0 aliphatic rings. The molecule has 0 unspecified atom stereocenters. The molecule has 2 heterocycles. The summed E-state index contributed by atoms with van der Waals surface area (Å²) >= 11 is 0. The second-order valence-electron chi connectivity index (χ2n) is 7.09. The first kappa shape index (κ1) is 16.7. The third-order valence-electron chi connectivity index (χ3n) is 5.15. The van der Waals surface area contributed by atoms with Crippen LogP contribution in [0.1, 0.15) is 32.1 Å². The lowest BCUT2D eigenvalue weighted by Crippen LogP contribution is -2.07. The van der Waals surface area contributed by atoms with Gasteiger partial charge in [0.1, 0.15) is 41.0 Å². The van der Waals surface area contributed by atoms with Gasteiger partial charge in [0.25, 0.3) is 0 Å². The largest absolute Gasteiger partial charge is 0.496 e. The number of anilines is 1. The third-order valence-corrected chi connectivity index (χ3v) is 5.15. The van der Waals surface area contributed by atoms with E-state index >= 15 is 0 Å². The van der Waals surface area contributed by atoms with E-state index in [2.05, 4.69) is 16.0 Å². The van der Waals surface area contributed by atoms with Crippen molar-refractivity contribution in [1.29, 1.82) is 5.26 Å². The van der Waals surface area contributed by atoms with Crippen molar-refractivity contribution in [3.63, 3.8) is 0 Å². The zero-order valence-electron chi connectivity index (χ0n) is 20.4. The van der Waals surface area contributed by atoms with Crippen LogP contribution in [0.5, 0.6) is 11.6 Å². The number of nitrogen functional groups attached to an aromatic ring is 1. The average Bonchev–Trinajstić information content (AvgIpc) is 3.07. The molecule has 2 aromatic carbocycles. The topological polar surface area (TPSA) is 99.0 Å². The molecule has 4 aromatic rings. The highest BCUT2D eigenvalue weighted by Gasteiger charge is 2.24. The highest BCUT2D eigenvalue weighted by molar-refractivity contribution is 5.89. The molecule has 0 fully saturated rings. The van der Waals surface area contributed by atoms with Crippen LogP contribution in [0.4, 0.5) is 5.82 Å². The minimum atomic E-state index is -2.61. The normalized spacial score (nSPS) is 12.6. The van der Waals surface area contributed by atoms with E-state index in [1.807, 2.05) is 56.3 Å². The summed E-state index contributed by atoms with van der Waals surface area (Å²) in [6, 6.07) is 15.0. The molecule has 4 rings (SSSR count).